The van der Waals surface area contributed by atoms with Crippen molar-refractivity contribution in [1.82, 2.24) is 10.8 Å². The van der Waals surface area contributed by atoms with E-state index in [1.165, 1.54) is 6.92 Å². The molecule has 5 N–H and O–H groups in total. The van der Waals surface area contributed by atoms with Gasteiger partial charge in [-0.25, -0.2) is 5.48 Å². The van der Waals surface area contributed by atoms with E-state index >= 15 is 0 Å². The molecular formula is C39H43N3O7S. The van der Waals surface area contributed by atoms with Crippen LogP contribution in [0.4, 0.5) is 5.69 Å². The van der Waals surface area contributed by atoms with Crippen LogP contribution in [-0.4, -0.2) is 39.9 Å². The zero-order valence-corrected chi connectivity index (χ0v) is 28.8. The van der Waals surface area contributed by atoms with E-state index < -0.39 is 12.2 Å². The molecule has 5 rings (SSSR count). The molecule has 1 fully saturated rings. The second-order valence-corrected chi connectivity index (χ2v) is 13.3. The monoisotopic (exact) mass is 697 g/mol. The number of amides is 3. The second-order valence-electron chi connectivity index (χ2n) is 12.2. The molecule has 0 saturated carbocycles. The van der Waals surface area contributed by atoms with Crippen molar-refractivity contribution in [3.8, 4) is 11.1 Å². The molecule has 0 unspecified atom stereocenters. The van der Waals surface area contributed by atoms with E-state index in [0.29, 0.717) is 38.0 Å². The number of thioether (sulfide) groups is 1. The van der Waals surface area contributed by atoms with Gasteiger partial charge in [-0.05, 0) is 71.0 Å². The Bertz CT molecular complexity index is 1720. The molecule has 1 saturated heterocycles. The molecule has 50 heavy (non-hydrogen) atoms. The topological polar surface area (TPSA) is 146 Å². The van der Waals surface area contributed by atoms with E-state index in [9.17, 15) is 19.5 Å². The van der Waals surface area contributed by atoms with Crippen molar-refractivity contribution >= 4 is 35.2 Å². The van der Waals surface area contributed by atoms with Crippen LogP contribution in [0.1, 0.15) is 73.7 Å². The van der Waals surface area contributed by atoms with Gasteiger partial charge in [-0.3, -0.25) is 19.6 Å². The molecule has 11 heteroatoms. The Hall–Kier alpha value is -4.52. The first-order chi connectivity index (χ1) is 24.3. The lowest BCUT2D eigenvalue weighted by molar-refractivity contribution is -0.245. The number of aliphatic hydroxyl groups is 1. The van der Waals surface area contributed by atoms with Crippen molar-refractivity contribution in [2.45, 2.75) is 75.6 Å². The number of hydrogen-bond donors (Lipinski definition) is 5. The summed E-state index contributed by atoms with van der Waals surface area (Å²) < 4.78 is 13.1. The van der Waals surface area contributed by atoms with Crippen LogP contribution in [-0.2, 0) is 37.0 Å². The Morgan fingerprint density at radius 1 is 0.800 bits per heavy atom. The van der Waals surface area contributed by atoms with Crippen molar-refractivity contribution in [3.63, 3.8) is 0 Å². The third-order valence-corrected chi connectivity index (χ3v) is 9.48. The van der Waals surface area contributed by atoms with Crippen molar-refractivity contribution in [1.29, 1.82) is 0 Å². The molecular weight excluding hydrogens is 655 g/mol. The molecule has 3 atom stereocenters. The molecule has 262 valence electrons. The van der Waals surface area contributed by atoms with Gasteiger partial charge in [0.15, 0.2) is 6.29 Å². The number of carbonyl (C=O) groups excluding carboxylic acids is 3. The van der Waals surface area contributed by atoms with E-state index in [2.05, 4.69) is 16.7 Å². The van der Waals surface area contributed by atoms with Crippen LogP contribution < -0.4 is 16.1 Å². The van der Waals surface area contributed by atoms with Gasteiger partial charge < -0.3 is 25.2 Å². The summed E-state index contributed by atoms with van der Waals surface area (Å²) in [6.07, 6.45) is 1.39. The molecule has 3 amide bonds. The van der Waals surface area contributed by atoms with Gasteiger partial charge in [0, 0.05) is 54.6 Å². The number of aliphatic hydroxyl groups excluding tert-OH is 1. The maximum Gasteiger partial charge on any atom is 0.243 e. The highest BCUT2D eigenvalue weighted by Gasteiger charge is 2.32. The van der Waals surface area contributed by atoms with Gasteiger partial charge >= 0.3 is 0 Å². The average Bonchev–Trinajstić information content (AvgIpc) is 3.15. The van der Waals surface area contributed by atoms with Gasteiger partial charge in [0.25, 0.3) is 0 Å². The van der Waals surface area contributed by atoms with Crippen LogP contribution in [0.25, 0.3) is 11.1 Å². The fourth-order valence-corrected chi connectivity index (χ4v) is 6.58. The zero-order chi connectivity index (χ0) is 35.3. The summed E-state index contributed by atoms with van der Waals surface area (Å²) in [5, 5.41) is 23.8. The first kappa shape index (κ1) is 36.8. The minimum Gasteiger partial charge on any atom is -0.392 e. The molecule has 1 heterocycles. The Morgan fingerprint density at radius 2 is 1.50 bits per heavy atom. The number of hydroxylamine groups is 1. The molecule has 0 radical (unpaired) electrons. The van der Waals surface area contributed by atoms with E-state index in [1.807, 2.05) is 91.0 Å². The minimum absolute atomic E-state index is 0.0174. The van der Waals surface area contributed by atoms with Crippen LogP contribution in [0.3, 0.4) is 0 Å². The summed E-state index contributed by atoms with van der Waals surface area (Å²) in [6, 6.07) is 31.7. The first-order valence-electron chi connectivity index (χ1n) is 16.7. The summed E-state index contributed by atoms with van der Waals surface area (Å²) in [6.45, 7) is 1.87. The Morgan fingerprint density at radius 3 is 2.18 bits per heavy atom. The number of hydrogen-bond acceptors (Lipinski definition) is 8. The Labute approximate surface area is 296 Å². The lowest BCUT2D eigenvalue weighted by atomic mass is 9.99. The molecule has 0 bridgehead atoms. The quantitative estimate of drug-likeness (QED) is 0.0394. The molecule has 0 aromatic heterocycles. The SMILES string of the molecule is CC(=O)Nc1ccc(SC[C@@H]2C[C@H](c3ccc(CO)cc3)O[C@H](c3ccc(-c4cccc(CNC(=O)CCCCC(=O)NO)c4)cc3)O2)cc1. The van der Waals surface area contributed by atoms with Crippen molar-refractivity contribution in [2.75, 3.05) is 11.1 Å². The summed E-state index contributed by atoms with van der Waals surface area (Å²) in [4.78, 5) is 35.9. The lowest BCUT2D eigenvalue weighted by Crippen LogP contribution is -2.31. The standard InChI is InChI=1S/C39H43N3O7S/c1-26(44)41-33-17-19-35(20-18-33)50-25-34-22-36(30-11-9-27(24-43)10-12-30)49-39(48-34)31-15-13-29(14-16-31)32-6-4-5-28(21-32)23-40-37(45)7-2-3-8-38(46)42-47/h4-6,9-21,34,36,39,43,47H,2-3,7-8,22-25H2,1H3,(H,40,45)(H,41,44)(H,42,46)/t34-,36+,39+/m0/s1. The normalized spacial score (nSPS) is 17.1. The van der Waals surface area contributed by atoms with Crippen molar-refractivity contribution in [3.05, 3.63) is 119 Å². The van der Waals surface area contributed by atoms with Crippen LogP contribution >= 0.6 is 11.8 Å². The molecule has 1 aliphatic rings. The fourth-order valence-electron chi connectivity index (χ4n) is 5.66. The lowest BCUT2D eigenvalue weighted by Gasteiger charge is -2.36. The summed E-state index contributed by atoms with van der Waals surface area (Å²) >= 11 is 1.69. The maximum atomic E-state index is 12.3. The highest BCUT2D eigenvalue weighted by Crippen LogP contribution is 2.40. The highest BCUT2D eigenvalue weighted by atomic mass is 32.2. The van der Waals surface area contributed by atoms with E-state index in [-0.39, 0.29) is 37.0 Å². The number of nitrogens with one attached hydrogen (secondary N) is 3. The molecule has 1 aliphatic heterocycles. The maximum absolute atomic E-state index is 12.3. The van der Waals surface area contributed by atoms with Crippen LogP contribution in [0.15, 0.2) is 102 Å². The van der Waals surface area contributed by atoms with E-state index in [4.69, 9.17) is 14.7 Å². The van der Waals surface area contributed by atoms with Crippen LogP contribution in [0.2, 0.25) is 0 Å². The van der Waals surface area contributed by atoms with Gasteiger partial charge in [0.05, 0.1) is 18.8 Å². The molecule has 0 spiro atoms. The Kier molecular flexibility index (Phi) is 13.6. The average molecular weight is 698 g/mol. The first-order valence-corrected chi connectivity index (χ1v) is 17.7. The number of benzene rings is 4. The minimum atomic E-state index is -0.576. The largest absolute Gasteiger partial charge is 0.392 e. The predicted octanol–water partition coefficient (Wildman–Crippen LogP) is 6.82. The number of unbranched alkanes of at least 4 members (excludes halogenated alkanes) is 1. The van der Waals surface area contributed by atoms with Gasteiger partial charge in [-0.1, -0.05) is 66.7 Å². The summed E-state index contributed by atoms with van der Waals surface area (Å²) in [7, 11) is 0. The van der Waals surface area contributed by atoms with Gasteiger partial charge in [0.1, 0.15) is 0 Å². The third-order valence-electron chi connectivity index (χ3n) is 8.34. The molecule has 0 aliphatic carbocycles. The van der Waals surface area contributed by atoms with Crippen molar-refractivity contribution in [2.24, 2.45) is 0 Å². The van der Waals surface area contributed by atoms with Crippen LogP contribution in [0, 0.1) is 0 Å². The predicted molar refractivity (Wildman–Crippen MR) is 192 cm³/mol. The van der Waals surface area contributed by atoms with Crippen LogP contribution in [0.5, 0.6) is 0 Å². The molecule has 10 nitrogen and oxygen atoms in total. The number of anilines is 1. The van der Waals surface area contributed by atoms with Crippen molar-refractivity contribution < 1.29 is 34.2 Å². The molecule has 4 aromatic carbocycles. The number of carbonyl (C=O) groups is 3. The Balaban J connectivity index is 1.22. The molecule has 4 aromatic rings. The van der Waals surface area contributed by atoms with Gasteiger partial charge in [-0.2, -0.15) is 0 Å². The summed E-state index contributed by atoms with van der Waals surface area (Å²) in [5.41, 5.74) is 8.14. The summed E-state index contributed by atoms with van der Waals surface area (Å²) in [5.74, 6) is 0.0695. The van der Waals surface area contributed by atoms with Gasteiger partial charge in [0.2, 0.25) is 17.7 Å². The zero-order valence-electron chi connectivity index (χ0n) is 28.0. The smallest absolute Gasteiger partial charge is 0.243 e. The number of ether oxygens (including phenoxy) is 2. The second kappa shape index (κ2) is 18.5. The number of rotatable bonds is 15. The van der Waals surface area contributed by atoms with E-state index in [0.717, 1.165) is 44.0 Å². The highest BCUT2D eigenvalue weighted by molar-refractivity contribution is 7.99. The third kappa shape index (κ3) is 11.0. The van der Waals surface area contributed by atoms with Gasteiger partial charge in [-0.15, -0.1) is 11.8 Å². The van der Waals surface area contributed by atoms with E-state index in [1.54, 1.807) is 17.2 Å². The fraction of sp³-hybridized carbons (Fsp3) is 0.308.